The Balaban J connectivity index is 2.08. The molecule has 4 nitrogen and oxygen atoms in total. The Bertz CT molecular complexity index is 492. The Kier molecular flexibility index (Phi) is 3.10. The van der Waals surface area contributed by atoms with Gasteiger partial charge in [-0.1, -0.05) is 29.8 Å². The molecule has 84 valence electrons. The Labute approximate surface area is 99.3 Å². The van der Waals surface area contributed by atoms with Crippen LogP contribution >= 0.6 is 11.6 Å². The minimum absolute atomic E-state index is 0.644. The summed E-state index contributed by atoms with van der Waals surface area (Å²) in [7, 11) is 1.86. The zero-order valence-corrected chi connectivity index (χ0v) is 9.99. The molecule has 1 aromatic carbocycles. The minimum Gasteiger partial charge on any atom is -0.350 e. The van der Waals surface area contributed by atoms with E-state index in [0.717, 1.165) is 22.4 Å². The van der Waals surface area contributed by atoms with Gasteiger partial charge < -0.3 is 5.32 Å². The van der Waals surface area contributed by atoms with Gasteiger partial charge in [0.1, 0.15) is 5.82 Å². The summed E-state index contributed by atoms with van der Waals surface area (Å²) in [5.41, 5.74) is 1.05. The molecular formula is C11H13ClN4. The van der Waals surface area contributed by atoms with E-state index in [1.54, 1.807) is 4.68 Å². The van der Waals surface area contributed by atoms with Gasteiger partial charge in [0.2, 0.25) is 5.95 Å². The van der Waals surface area contributed by atoms with E-state index in [4.69, 9.17) is 11.6 Å². The van der Waals surface area contributed by atoms with Crippen molar-refractivity contribution in [2.45, 2.75) is 13.5 Å². The summed E-state index contributed by atoms with van der Waals surface area (Å²) in [5.74, 6) is 1.50. The van der Waals surface area contributed by atoms with Crippen LogP contribution in [0.2, 0.25) is 5.02 Å². The van der Waals surface area contributed by atoms with Crippen LogP contribution in [-0.4, -0.2) is 14.8 Å². The molecule has 2 aromatic rings. The van der Waals surface area contributed by atoms with Crippen LogP contribution in [0.15, 0.2) is 24.3 Å². The van der Waals surface area contributed by atoms with E-state index in [2.05, 4.69) is 15.4 Å². The maximum absolute atomic E-state index is 6.05. The van der Waals surface area contributed by atoms with E-state index in [1.165, 1.54) is 0 Å². The summed E-state index contributed by atoms with van der Waals surface area (Å²) in [5, 5.41) is 8.11. The fraction of sp³-hybridized carbons (Fsp3) is 0.273. The number of aryl methyl sites for hydroxylation is 2. The number of hydrogen-bond acceptors (Lipinski definition) is 3. The van der Waals surface area contributed by atoms with Crippen molar-refractivity contribution < 1.29 is 0 Å². The summed E-state index contributed by atoms with van der Waals surface area (Å²) in [6, 6.07) is 7.74. The third-order valence-electron chi connectivity index (χ3n) is 2.26. The van der Waals surface area contributed by atoms with Gasteiger partial charge >= 0.3 is 0 Å². The van der Waals surface area contributed by atoms with Gasteiger partial charge in [-0.25, -0.2) is 4.68 Å². The molecule has 1 aromatic heterocycles. The van der Waals surface area contributed by atoms with Crippen molar-refractivity contribution in [2.24, 2.45) is 7.05 Å². The highest BCUT2D eigenvalue weighted by Gasteiger charge is 2.04. The number of anilines is 1. The zero-order valence-electron chi connectivity index (χ0n) is 9.24. The maximum Gasteiger partial charge on any atom is 0.221 e. The van der Waals surface area contributed by atoms with Gasteiger partial charge in [0.05, 0.1) is 0 Å². The van der Waals surface area contributed by atoms with Crippen LogP contribution in [0.3, 0.4) is 0 Å². The van der Waals surface area contributed by atoms with Gasteiger partial charge in [-0.2, -0.15) is 10.1 Å². The van der Waals surface area contributed by atoms with E-state index in [-0.39, 0.29) is 0 Å². The summed E-state index contributed by atoms with van der Waals surface area (Å²) < 4.78 is 1.71. The molecule has 0 saturated heterocycles. The summed E-state index contributed by atoms with van der Waals surface area (Å²) in [6.45, 7) is 2.51. The molecule has 0 amide bonds. The number of nitrogens with zero attached hydrogens (tertiary/aromatic N) is 3. The average molecular weight is 237 g/mol. The fourth-order valence-corrected chi connectivity index (χ4v) is 1.68. The van der Waals surface area contributed by atoms with Gasteiger partial charge in [-0.3, -0.25) is 0 Å². The van der Waals surface area contributed by atoms with E-state index >= 15 is 0 Å². The van der Waals surface area contributed by atoms with E-state index in [9.17, 15) is 0 Å². The number of benzene rings is 1. The van der Waals surface area contributed by atoms with E-state index in [1.807, 2.05) is 38.2 Å². The molecule has 0 aliphatic carbocycles. The average Bonchev–Trinajstić information content (AvgIpc) is 2.56. The number of halogens is 1. The van der Waals surface area contributed by atoms with Gasteiger partial charge in [0, 0.05) is 18.6 Å². The van der Waals surface area contributed by atoms with Gasteiger partial charge in [-0.15, -0.1) is 0 Å². The van der Waals surface area contributed by atoms with Crippen molar-refractivity contribution in [1.82, 2.24) is 14.8 Å². The lowest BCUT2D eigenvalue weighted by Crippen LogP contribution is -2.05. The summed E-state index contributed by atoms with van der Waals surface area (Å²) in [6.07, 6.45) is 0. The first kappa shape index (κ1) is 11.0. The number of aromatic nitrogens is 3. The second-order valence-corrected chi connectivity index (χ2v) is 3.96. The van der Waals surface area contributed by atoms with Crippen molar-refractivity contribution >= 4 is 17.5 Å². The highest BCUT2D eigenvalue weighted by atomic mass is 35.5. The Morgan fingerprint density at radius 2 is 2.12 bits per heavy atom. The Hall–Kier alpha value is -1.55. The number of rotatable bonds is 3. The molecule has 0 atom stereocenters. The molecule has 0 bridgehead atoms. The lowest BCUT2D eigenvalue weighted by atomic mass is 10.2. The molecule has 0 fully saturated rings. The molecule has 0 aliphatic rings. The van der Waals surface area contributed by atoms with Crippen LogP contribution in [0.1, 0.15) is 11.4 Å². The minimum atomic E-state index is 0.644. The lowest BCUT2D eigenvalue weighted by molar-refractivity contribution is 0.757. The SMILES string of the molecule is Cc1nc(NCc2ccccc2Cl)n(C)n1. The Morgan fingerprint density at radius 1 is 1.38 bits per heavy atom. The molecule has 1 N–H and O–H groups in total. The van der Waals surface area contributed by atoms with Gasteiger partial charge in [0.15, 0.2) is 0 Å². The first-order valence-electron chi connectivity index (χ1n) is 5.02. The summed E-state index contributed by atoms with van der Waals surface area (Å²) >= 11 is 6.05. The van der Waals surface area contributed by atoms with Crippen LogP contribution in [0.5, 0.6) is 0 Å². The first-order valence-corrected chi connectivity index (χ1v) is 5.39. The molecule has 1 heterocycles. The van der Waals surface area contributed by atoms with E-state index < -0.39 is 0 Å². The normalized spacial score (nSPS) is 10.4. The quantitative estimate of drug-likeness (QED) is 0.890. The molecule has 0 aliphatic heterocycles. The molecule has 0 unspecified atom stereocenters. The van der Waals surface area contributed by atoms with Crippen LogP contribution in [0.4, 0.5) is 5.95 Å². The monoisotopic (exact) mass is 236 g/mol. The number of hydrogen-bond donors (Lipinski definition) is 1. The molecular weight excluding hydrogens is 224 g/mol. The Morgan fingerprint density at radius 3 is 2.75 bits per heavy atom. The smallest absolute Gasteiger partial charge is 0.221 e. The molecule has 0 saturated carbocycles. The topological polar surface area (TPSA) is 42.7 Å². The van der Waals surface area contributed by atoms with Gasteiger partial charge in [0.25, 0.3) is 0 Å². The van der Waals surface area contributed by atoms with Crippen molar-refractivity contribution in [3.63, 3.8) is 0 Å². The van der Waals surface area contributed by atoms with Crippen molar-refractivity contribution in [2.75, 3.05) is 5.32 Å². The van der Waals surface area contributed by atoms with Crippen molar-refractivity contribution in [3.05, 3.63) is 40.7 Å². The van der Waals surface area contributed by atoms with Crippen molar-refractivity contribution in [1.29, 1.82) is 0 Å². The predicted octanol–water partition coefficient (Wildman–Crippen LogP) is 2.39. The molecule has 16 heavy (non-hydrogen) atoms. The zero-order chi connectivity index (χ0) is 11.5. The maximum atomic E-state index is 6.05. The number of nitrogens with one attached hydrogen (secondary N) is 1. The van der Waals surface area contributed by atoms with Crippen LogP contribution in [-0.2, 0) is 13.6 Å². The third kappa shape index (κ3) is 2.33. The summed E-state index contributed by atoms with van der Waals surface area (Å²) in [4.78, 5) is 4.25. The lowest BCUT2D eigenvalue weighted by Gasteiger charge is -2.06. The molecule has 0 spiro atoms. The highest BCUT2D eigenvalue weighted by Crippen LogP contribution is 2.16. The predicted molar refractivity (Wildman–Crippen MR) is 64.5 cm³/mol. The van der Waals surface area contributed by atoms with Crippen molar-refractivity contribution in [3.8, 4) is 0 Å². The van der Waals surface area contributed by atoms with Crippen LogP contribution in [0, 0.1) is 6.92 Å². The molecule has 5 heteroatoms. The largest absolute Gasteiger partial charge is 0.350 e. The van der Waals surface area contributed by atoms with Crippen LogP contribution < -0.4 is 5.32 Å². The first-order chi connectivity index (χ1) is 7.66. The second-order valence-electron chi connectivity index (χ2n) is 3.55. The molecule has 0 radical (unpaired) electrons. The molecule has 2 rings (SSSR count). The van der Waals surface area contributed by atoms with Crippen LogP contribution in [0.25, 0.3) is 0 Å². The van der Waals surface area contributed by atoms with E-state index in [0.29, 0.717) is 6.54 Å². The highest BCUT2D eigenvalue weighted by molar-refractivity contribution is 6.31. The fourth-order valence-electron chi connectivity index (χ4n) is 1.48. The van der Waals surface area contributed by atoms with Gasteiger partial charge in [-0.05, 0) is 18.6 Å². The standard InChI is InChI=1S/C11H13ClN4/c1-8-14-11(16(2)15-8)13-7-9-5-3-4-6-10(9)12/h3-6H,7H2,1-2H3,(H,13,14,15). The third-order valence-corrected chi connectivity index (χ3v) is 2.63. The second kappa shape index (κ2) is 4.53.